The lowest BCUT2D eigenvalue weighted by atomic mass is 10.1. The molecule has 1 amide bonds. The fraction of sp³-hybridized carbons (Fsp3) is 0.500. The van der Waals surface area contributed by atoms with Crippen LogP contribution in [0.2, 0.25) is 0 Å². The molecule has 0 aromatic heterocycles. The average molecular weight is 403 g/mol. The molecule has 0 spiro atoms. The molecule has 1 aromatic rings. The third kappa shape index (κ3) is 5.93. The summed E-state index contributed by atoms with van der Waals surface area (Å²) in [5.74, 6) is -1.98. The maximum Gasteiger partial charge on any atom is 0.357 e. The van der Waals surface area contributed by atoms with E-state index in [4.69, 9.17) is 43.9 Å². The first-order valence-electron chi connectivity index (χ1n) is 6.97. The van der Waals surface area contributed by atoms with Gasteiger partial charge in [0, 0.05) is 5.56 Å². The Bertz CT molecular complexity index is 564. The van der Waals surface area contributed by atoms with Gasteiger partial charge in [-0.05, 0) is 32.9 Å². The Morgan fingerprint density at radius 2 is 1.65 bits per heavy atom. The molecule has 0 bridgehead atoms. The number of nitrogens with one attached hydrogen (secondary N) is 1. The molecular weight excluding hydrogens is 383 g/mol. The number of rotatable bonds is 7. The molecule has 0 unspecified atom stereocenters. The van der Waals surface area contributed by atoms with Gasteiger partial charge in [-0.15, -0.1) is 0 Å². The standard InChI is InChI=1S/C14H19Cl3NO4P/c1-4-21-23(20,22-5-2)13(14(15,16)17)18-12(19)11-8-6-10(3)7-9-11/h6-9,13H,4-5H2,1-3H3,(H,18,19)/t13-/m0/s1. The Kier molecular flexibility index (Phi) is 7.85. The zero-order chi connectivity index (χ0) is 17.7. The molecular formula is C14H19Cl3NO4P. The van der Waals surface area contributed by atoms with Gasteiger partial charge in [-0.2, -0.15) is 0 Å². The van der Waals surface area contributed by atoms with E-state index < -0.39 is 23.1 Å². The number of carbonyl (C=O) groups excluding carboxylic acids is 1. The Balaban J connectivity index is 3.09. The van der Waals surface area contributed by atoms with Gasteiger partial charge in [0.15, 0.2) is 5.78 Å². The highest BCUT2D eigenvalue weighted by atomic mass is 35.6. The third-order valence-corrected chi connectivity index (χ3v) is 6.32. The minimum Gasteiger partial charge on any atom is -0.334 e. The van der Waals surface area contributed by atoms with Crippen LogP contribution in [-0.4, -0.2) is 28.7 Å². The summed E-state index contributed by atoms with van der Waals surface area (Å²) in [6, 6.07) is 6.77. The van der Waals surface area contributed by atoms with Crippen molar-refractivity contribution in [1.29, 1.82) is 0 Å². The van der Waals surface area contributed by atoms with Gasteiger partial charge < -0.3 is 14.4 Å². The third-order valence-electron chi connectivity index (χ3n) is 2.83. The fourth-order valence-electron chi connectivity index (χ4n) is 1.80. The molecule has 23 heavy (non-hydrogen) atoms. The molecule has 130 valence electrons. The maximum atomic E-state index is 12.9. The van der Waals surface area contributed by atoms with Crippen LogP contribution in [0, 0.1) is 6.92 Å². The van der Waals surface area contributed by atoms with Gasteiger partial charge in [0.05, 0.1) is 13.2 Å². The lowest BCUT2D eigenvalue weighted by molar-refractivity contribution is 0.0938. The summed E-state index contributed by atoms with van der Waals surface area (Å²) in [4.78, 5) is 12.3. The minimum absolute atomic E-state index is 0.0783. The molecule has 0 aliphatic rings. The number of alkyl halides is 3. The van der Waals surface area contributed by atoms with Crippen LogP contribution in [0.5, 0.6) is 0 Å². The van der Waals surface area contributed by atoms with Crippen molar-refractivity contribution in [2.45, 2.75) is 30.3 Å². The van der Waals surface area contributed by atoms with Crippen LogP contribution in [-0.2, 0) is 13.6 Å². The normalized spacial score (nSPS) is 13.7. The SMILES string of the molecule is CCOP(=O)(OCC)[C@H](NC(=O)c1ccc(C)cc1)C(Cl)(Cl)Cl. The Morgan fingerprint density at radius 3 is 2.04 bits per heavy atom. The van der Waals surface area contributed by atoms with E-state index in [1.54, 1.807) is 38.1 Å². The van der Waals surface area contributed by atoms with E-state index in [0.717, 1.165) is 5.56 Å². The summed E-state index contributed by atoms with van der Waals surface area (Å²) in [5.41, 5.74) is 1.34. The summed E-state index contributed by atoms with van der Waals surface area (Å²) in [5, 5.41) is 2.46. The number of carbonyl (C=O) groups is 1. The highest BCUT2D eigenvalue weighted by Crippen LogP contribution is 2.58. The lowest BCUT2D eigenvalue weighted by Gasteiger charge is -2.31. The highest BCUT2D eigenvalue weighted by Gasteiger charge is 2.49. The monoisotopic (exact) mass is 401 g/mol. The number of benzene rings is 1. The molecule has 0 saturated heterocycles. The molecule has 5 nitrogen and oxygen atoms in total. The summed E-state index contributed by atoms with van der Waals surface area (Å²) >= 11 is 17.7. The van der Waals surface area contributed by atoms with Crippen molar-refractivity contribution in [2.75, 3.05) is 13.2 Å². The number of halogens is 3. The van der Waals surface area contributed by atoms with Crippen molar-refractivity contribution < 1.29 is 18.4 Å². The molecule has 9 heteroatoms. The zero-order valence-electron chi connectivity index (χ0n) is 13.0. The zero-order valence-corrected chi connectivity index (χ0v) is 16.2. The Morgan fingerprint density at radius 1 is 1.17 bits per heavy atom. The van der Waals surface area contributed by atoms with E-state index >= 15 is 0 Å². The fourth-order valence-corrected chi connectivity index (χ4v) is 4.76. The van der Waals surface area contributed by atoms with Crippen LogP contribution in [0.3, 0.4) is 0 Å². The number of hydrogen-bond acceptors (Lipinski definition) is 4. The molecule has 1 atom stereocenters. The molecule has 0 saturated carbocycles. The van der Waals surface area contributed by atoms with Gasteiger partial charge in [-0.25, -0.2) is 0 Å². The van der Waals surface area contributed by atoms with Crippen LogP contribution in [0.1, 0.15) is 29.8 Å². The molecule has 0 aliphatic carbocycles. The van der Waals surface area contributed by atoms with Crippen molar-refractivity contribution in [3.05, 3.63) is 35.4 Å². The lowest BCUT2D eigenvalue weighted by Crippen LogP contribution is -2.44. The predicted octanol–water partition coefficient (Wildman–Crippen LogP) is 4.69. The van der Waals surface area contributed by atoms with E-state index in [2.05, 4.69) is 5.32 Å². The van der Waals surface area contributed by atoms with Crippen molar-refractivity contribution in [3.8, 4) is 0 Å². The Labute approximate surface area is 151 Å². The van der Waals surface area contributed by atoms with Gasteiger partial charge in [0.1, 0.15) is 0 Å². The van der Waals surface area contributed by atoms with Crippen LogP contribution >= 0.6 is 42.4 Å². The average Bonchev–Trinajstić information content (AvgIpc) is 2.44. The second-order valence-electron chi connectivity index (χ2n) is 4.66. The topological polar surface area (TPSA) is 64.6 Å². The molecule has 1 rings (SSSR count). The van der Waals surface area contributed by atoms with E-state index in [9.17, 15) is 9.36 Å². The minimum atomic E-state index is -3.86. The number of aryl methyl sites for hydroxylation is 1. The summed E-state index contributed by atoms with van der Waals surface area (Å²) in [6.45, 7) is 5.31. The number of amides is 1. The van der Waals surface area contributed by atoms with Gasteiger partial charge in [-0.1, -0.05) is 52.5 Å². The molecule has 0 radical (unpaired) electrons. The van der Waals surface area contributed by atoms with Gasteiger partial charge in [0.2, 0.25) is 3.79 Å². The highest BCUT2D eigenvalue weighted by molar-refractivity contribution is 7.55. The van der Waals surface area contributed by atoms with Crippen molar-refractivity contribution >= 4 is 48.3 Å². The first-order valence-corrected chi connectivity index (χ1v) is 9.71. The molecule has 1 aromatic carbocycles. The van der Waals surface area contributed by atoms with Crippen LogP contribution < -0.4 is 5.32 Å². The number of hydrogen-bond donors (Lipinski definition) is 1. The van der Waals surface area contributed by atoms with E-state index in [1.165, 1.54) is 0 Å². The van der Waals surface area contributed by atoms with Crippen molar-refractivity contribution in [1.82, 2.24) is 5.32 Å². The predicted molar refractivity (Wildman–Crippen MR) is 93.6 cm³/mol. The van der Waals surface area contributed by atoms with Crippen molar-refractivity contribution in [3.63, 3.8) is 0 Å². The second-order valence-corrected chi connectivity index (χ2v) is 9.14. The molecule has 0 aliphatic heterocycles. The summed E-state index contributed by atoms with van der Waals surface area (Å²) in [6.07, 6.45) is 0. The van der Waals surface area contributed by atoms with Crippen LogP contribution in [0.4, 0.5) is 0 Å². The molecule has 1 N–H and O–H groups in total. The van der Waals surface area contributed by atoms with E-state index in [0.29, 0.717) is 5.56 Å². The van der Waals surface area contributed by atoms with Crippen LogP contribution in [0.25, 0.3) is 0 Å². The van der Waals surface area contributed by atoms with Gasteiger partial charge in [-0.3, -0.25) is 9.36 Å². The summed E-state index contributed by atoms with van der Waals surface area (Å²) < 4.78 is 21.2. The quantitative estimate of drug-likeness (QED) is 0.531. The largest absolute Gasteiger partial charge is 0.357 e. The Hall–Kier alpha value is -0.290. The van der Waals surface area contributed by atoms with Crippen LogP contribution in [0.15, 0.2) is 24.3 Å². The van der Waals surface area contributed by atoms with E-state index in [1.807, 2.05) is 6.92 Å². The second kappa shape index (κ2) is 8.70. The van der Waals surface area contributed by atoms with E-state index in [-0.39, 0.29) is 13.2 Å². The summed E-state index contributed by atoms with van der Waals surface area (Å²) in [7, 11) is -3.86. The first-order chi connectivity index (χ1) is 10.6. The first kappa shape index (κ1) is 20.8. The smallest absolute Gasteiger partial charge is 0.334 e. The maximum absolute atomic E-state index is 12.9. The van der Waals surface area contributed by atoms with Gasteiger partial charge in [0.25, 0.3) is 5.91 Å². The van der Waals surface area contributed by atoms with Gasteiger partial charge >= 0.3 is 7.60 Å². The molecule has 0 heterocycles. The molecule has 0 fully saturated rings. The van der Waals surface area contributed by atoms with Crippen molar-refractivity contribution in [2.24, 2.45) is 0 Å².